The van der Waals surface area contributed by atoms with E-state index < -0.39 is 16.6 Å². The predicted octanol–water partition coefficient (Wildman–Crippen LogP) is 4.34. The Morgan fingerprint density at radius 1 is 1.26 bits per heavy atom. The first-order valence-corrected chi connectivity index (χ1v) is 7.03. The molecule has 0 N–H and O–H groups in total. The van der Waals surface area contributed by atoms with E-state index in [0.29, 0.717) is 16.6 Å². The van der Waals surface area contributed by atoms with Crippen LogP contribution < -0.4 is 0 Å². The highest BCUT2D eigenvalue weighted by atomic mass is 35.5. The van der Waals surface area contributed by atoms with Crippen LogP contribution in [0.1, 0.15) is 16.1 Å². The van der Waals surface area contributed by atoms with Crippen LogP contribution >= 0.6 is 11.6 Å². The van der Waals surface area contributed by atoms with Crippen molar-refractivity contribution in [2.24, 2.45) is 0 Å². The number of hydrogen-bond donors (Lipinski definition) is 0. The first kappa shape index (κ1) is 15.2. The van der Waals surface area contributed by atoms with Crippen LogP contribution in [0.15, 0.2) is 42.5 Å². The van der Waals surface area contributed by atoms with Crippen molar-refractivity contribution in [3.05, 3.63) is 74.7 Å². The van der Waals surface area contributed by atoms with E-state index in [4.69, 9.17) is 11.6 Å². The predicted molar refractivity (Wildman–Crippen MR) is 84.5 cm³/mol. The molecule has 3 rings (SSSR count). The largest absolute Gasteiger partial charge is 0.280 e. The normalized spacial score (nSPS) is 10.9. The van der Waals surface area contributed by atoms with Crippen molar-refractivity contribution in [3.8, 4) is 0 Å². The number of nitro benzene ring substituents is 1. The van der Waals surface area contributed by atoms with Gasteiger partial charge in [0.25, 0.3) is 11.6 Å². The van der Waals surface area contributed by atoms with Gasteiger partial charge in [-0.1, -0.05) is 17.7 Å². The van der Waals surface area contributed by atoms with Gasteiger partial charge in [-0.05, 0) is 31.2 Å². The number of benzene rings is 2. The number of carbonyl (C=O) groups is 1. The Morgan fingerprint density at radius 3 is 2.65 bits per heavy atom. The molecule has 0 unspecified atom stereocenters. The zero-order chi connectivity index (χ0) is 16.7. The molecular formula is C16H10ClFN2O3. The van der Waals surface area contributed by atoms with Crippen LogP contribution in [0.2, 0.25) is 5.02 Å². The molecule has 0 amide bonds. The van der Waals surface area contributed by atoms with Gasteiger partial charge in [-0.2, -0.15) is 0 Å². The van der Waals surface area contributed by atoms with Gasteiger partial charge >= 0.3 is 0 Å². The third-order valence-electron chi connectivity index (χ3n) is 3.56. The fraction of sp³-hybridized carbons (Fsp3) is 0.0625. The standard InChI is InChI=1S/C16H10ClFN2O3/c1-9-7-10-8-11(20(22)23)5-6-14(10)19(9)16(21)15-12(17)3-2-4-13(15)18/h2-8H,1H3. The molecule has 5 nitrogen and oxygen atoms in total. The average Bonchev–Trinajstić information content (AvgIpc) is 2.81. The van der Waals surface area contributed by atoms with Gasteiger partial charge in [0.2, 0.25) is 0 Å². The van der Waals surface area contributed by atoms with Crippen molar-refractivity contribution < 1.29 is 14.1 Å². The molecule has 23 heavy (non-hydrogen) atoms. The minimum atomic E-state index is -0.717. The van der Waals surface area contributed by atoms with Gasteiger partial charge in [0.1, 0.15) is 5.82 Å². The fourth-order valence-corrected chi connectivity index (χ4v) is 2.78. The molecule has 7 heteroatoms. The first-order valence-electron chi connectivity index (χ1n) is 6.65. The Morgan fingerprint density at radius 2 is 2.00 bits per heavy atom. The molecule has 0 radical (unpaired) electrons. The summed E-state index contributed by atoms with van der Waals surface area (Å²) >= 11 is 5.95. The van der Waals surface area contributed by atoms with Crippen molar-refractivity contribution in [1.29, 1.82) is 0 Å². The molecule has 0 aliphatic rings. The highest BCUT2D eigenvalue weighted by Crippen LogP contribution is 2.27. The third kappa shape index (κ3) is 2.47. The minimum absolute atomic E-state index is 0.0122. The Labute approximate surface area is 135 Å². The van der Waals surface area contributed by atoms with E-state index in [2.05, 4.69) is 0 Å². The van der Waals surface area contributed by atoms with Crippen molar-refractivity contribution in [2.45, 2.75) is 6.92 Å². The van der Waals surface area contributed by atoms with Crippen molar-refractivity contribution in [1.82, 2.24) is 4.57 Å². The molecular weight excluding hydrogens is 323 g/mol. The quantitative estimate of drug-likeness (QED) is 0.518. The number of nitro groups is 1. The van der Waals surface area contributed by atoms with E-state index >= 15 is 0 Å². The zero-order valence-electron chi connectivity index (χ0n) is 11.9. The first-order chi connectivity index (χ1) is 10.9. The van der Waals surface area contributed by atoms with Gasteiger partial charge in [-0.25, -0.2) is 4.39 Å². The summed E-state index contributed by atoms with van der Waals surface area (Å²) in [7, 11) is 0. The average molecular weight is 333 g/mol. The number of fused-ring (bicyclic) bond motifs is 1. The lowest BCUT2D eigenvalue weighted by atomic mass is 10.2. The van der Waals surface area contributed by atoms with E-state index in [9.17, 15) is 19.3 Å². The highest BCUT2D eigenvalue weighted by Gasteiger charge is 2.21. The SMILES string of the molecule is Cc1cc2cc([N+](=O)[O-])ccc2n1C(=O)c1c(F)cccc1Cl. The maximum Gasteiger partial charge on any atom is 0.270 e. The van der Waals surface area contributed by atoms with E-state index in [0.717, 1.165) is 6.07 Å². The zero-order valence-corrected chi connectivity index (χ0v) is 12.7. The molecule has 1 heterocycles. The minimum Gasteiger partial charge on any atom is -0.280 e. The summed E-state index contributed by atoms with van der Waals surface area (Å²) in [6.45, 7) is 1.67. The molecule has 0 saturated heterocycles. The summed E-state index contributed by atoms with van der Waals surface area (Å²) in [6, 6.07) is 9.78. The number of non-ortho nitro benzene ring substituents is 1. The van der Waals surface area contributed by atoms with Gasteiger partial charge in [0.05, 0.1) is 21.0 Å². The van der Waals surface area contributed by atoms with E-state index in [-0.39, 0.29) is 16.3 Å². The maximum atomic E-state index is 14.0. The van der Waals surface area contributed by atoms with E-state index in [1.165, 1.54) is 34.9 Å². The topological polar surface area (TPSA) is 65.1 Å². The number of hydrogen-bond acceptors (Lipinski definition) is 3. The van der Waals surface area contributed by atoms with Crippen LogP contribution in [0.3, 0.4) is 0 Å². The maximum absolute atomic E-state index is 14.0. The summed E-state index contributed by atoms with van der Waals surface area (Å²) in [6.07, 6.45) is 0. The van der Waals surface area contributed by atoms with Crippen LogP contribution in [0.25, 0.3) is 10.9 Å². The van der Waals surface area contributed by atoms with Gasteiger partial charge < -0.3 is 0 Å². The Bertz CT molecular complexity index is 945. The molecule has 116 valence electrons. The van der Waals surface area contributed by atoms with Crippen LogP contribution in [0, 0.1) is 22.9 Å². The highest BCUT2D eigenvalue weighted by molar-refractivity contribution is 6.34. The summed E-state index contributed by atoms with van der Waals surface area (Å²) in [5.74, 6) is -1.33. The fourth-order valence-electron chi connectivity index (χ4n) is 2.54. The van der Waals surface area contributed by atoms with Gasteiger partial charge in [-0.15, -0.1) is 0 Å². The number of carbonyl (C=O) groups excluding carboxylic acids is 1. The number of rotatable bonds is 2. The number of halogens is 2. The molecule has 0 bridgehead atoms. The summed E-state index contributed by atoms with van der Waals surface area (Å²) in [4.78, 5) is 23.0. The summed E-state index contributed by atoms with van der Waals surface area (Å²) in [5, 5.41) is 11.4. The van der Waals surface area contributed by atoms with Crippen molar-refractivity contribution in [3.63, 3.8) is 0 Å². The summed E-state index contributed by atoms with van der Waals surface area (Å²) < 4.78 is 15.3. The molecule has 2 aromatic carbocycles. The molecule has 1 aromatic heterocycles. The molecule has 0 spiro atoms. The van der Waals surface area contributed by atoms with Gasteiger partial charge in [0.15, 0.2) is 0 Å². The lowest BCUT2D eigenvalue weighted by Crippen LogP contribution is -2.15. The van der Waals surface area contributed by atoms with Crippen LogP contribution in [0.4, 0.5) is 10.1 Å². The Balaban J connectivity index is 2.22. The van der Waals surface area contributed by atoms with E-state index in [1.54, 1.807) is 13.0 Å². The van der Waals surface area contributed by atoms with Gasteiger partial charge in [-0.3, -0.25) is 19.5 Å². The second-order valence-electron chi connectivity index (χ2n) is 5.02. The van der Waals surface area contributed by atoms with Gasteiger partial charge in [0, 0.05) is 23.2 Å². The lowest BCUT2D eigenvalue weighted by molar-refractivity contribution is -0.384. The molecule has 0 aliphatic heterocycles. The Kier molecular flexibility index (Phi) is 3.61. The second kappa shape index (κ2) is 5.48. The van der Waals surface area contributed by atoms with Crippen molar-refractivity contribution in [2.75, 3.05) is 0 Å². The second-order valence-corrected chi connectivity index (χ2v) is 5.43. The molecule has 0 aliphatic carbocycles. The molecule has 0 saturated carbocycles. The smallest absolute Gasteiger partial charge is 0.270 e. The van der Waals surface area contributed by atoms with Crippen LogP contribution in [-0.4, -0.2) is 15.4 Å². The molecule has 0 fully saturated rings. The number of nitrogens with zero attached hydrogens (tertiary/aromatic N) is 2. The third-order valence-corrected chi connectivity index (χ3v) is 3.87. The van der Waals surface area contributed by atoms with Crippen LogP contribution in [0.5, 0.6) is 0 Å². The van der Waals surface area contributed by atoms with Crippen LogP contribution in [-0.2, 0) is 0 Å². The lowest BCUT2D eigenvalue weighted by Gasteiger charge is -2.09. The monoisotopic (exact) mass is 332 g/mol. The molecule has 0 atom stereocenters. The van der Waals surface area contributed by atoms with E-state index in [1.807, 2.05) is 0 Å². The number of aryl methyl sites for hydroxylation is 1. The number of aromatic nitrogens is 1. The van der Waals surface area contributed by atoms with Crippen molar-refractivity contribution >= 4 is 34.1 Å². The Hall–Kier alpha value is -2.73. The molecule has 3 aromatic rings. The summed E-state index contributed by atoms with van der Waals surface area (Å²) in [5.41, 5.74) is 0.682.